The zero-order valence-electron chi connectivity index (χ0n) is 24.0. The van der Waals surface area contributed by atoms with Crippen molar-refractivity contribution in [2.75, 3.05) is 6.61 Å². The normalized spacial score (nSPS) is 22.6. The Balaban J connectivity index is 1.30. The third-order valence-corrected chi connectivity index (χ3v) is 9.61. The summed E-state index contributed by atoms with van der Waals surface area (Å²) in [5.41, 5.74) is 1.82. The summed E-state index contributed by atoms with van der Waals surface area (Å²) in [6.07, 6.45) is -0.231. The van der Waals surface area contributed by atoms with Crippen LogP contribution in [0.25, 0.3) is 11.3 Å². The highest BCUT2D eigenvalue weighted by Gasteiger charge is 2.38. The monoisotopic (exact) mass is 603 g/mol. The van der Waals surface area contributed by atoms with Crippen LogP contribution < -0.4 is 4.74 Å². The molecule has 0 spiro atoms. The number of carbonyl (C=O) groups excluding carboxylic acids is 1. The van der Waals surface area contributed by atoms with Crippen molar-refractivity contribution in [3.05, 3.63) is 65.4 Å². The van der Waals surface area contributed by atoms with Gasteiger partial charge in [-0.3, -0.25) is 0 Å². The van der Waals surface area contributed by atoms with Gasteiger partial charge in [-0.1, -0.05) is 43.6 Å². The predicted octanol–water partition coefficient (Wildman–Crippen LogP) is 8.80. The molecule has 2 aromatic carbocycles. The first-order chi connectivity index (χ1) is 20.2. The third kappa shape index (κ3) is 7.32. The molecule has 42 heavy (non-hydrogen) atoms. The van der Waals surface area contributed by atoms with Gasteiger partial charge in [-0.05, 0) is 74.8 Å². The van der Waals surface area contributed by atoms with Gasteiger partial charge < -0.3 is 18.7 Å². The van der Waals surface area contributed by atoms with Crippen molar-refractivity contribution in [2.45, 2.75) is 88.0 Å². The molecule has 5 rings (SSSR count). The van der Waals surface area contributed by atoms with Gasteiger partial charge in [0.2, 0.25) is 0 Å². The van der Waals surface area contributed by atoms with Crippen LogP contribution in [0.3, 0.4) is 0 Å². The van der Waals surface area contributed by atoms with Gasteiger partial charge in [-0.2, -0.15) is 0 Å². The van der Waals surface area contributed by atoms with Crippen molar-refractivity contribution in [3.8, 4) is 17.0 Å². The molecule has 1 aromatic heterocycles. The van der Waals surface area contributed by atoms with Crippen molar-refractivity contribution in [3.63, 3.8) is 0 Å². The van der Waals surface area contributed by atoms with Crippen LogP contribution in [0.15, 0.2) is 57.9 Å². The van der Waals surface area contributed by atoms with Gasteiger partial charge in [0.05, 0.1) is 24.9 Å². The van der Waals surface area contributed by atoms with Crippen LogP contribution in [0, 0.1) is 11.8 Å². The molecule has 1 heterocycles. The Kier molecular flexibility index (Phi) is 9.52. The highest BCUT2D eigenvalue weighted by Crippen LogP contribution is 2.47. The van der Waals surface area contributed by atoms with E-state index in [1.165, 1.54) is 12.1 Å². The minimum atomic E-state index is -4.82. The molecule has 0 N–H and O–H groups in total. The maximum Gasteiger partial charge on any atom is 0.573 e. The van der Waals surface area contributed by atoms with Crippen LogP contribution >= 0.6 is 11.8 Å². The molecule has 0 amide bonds. The second-order valence-electron chi connectivity index (χ2n) is 11.1. The molecule has 4 atom stereocenters. The van der Waals surface area contributed by atoms with Gasteiger partial charge >= 0.3 is 12.3 Å². The average Bonchev–Trinajstić information content (AvgIpc) is 3.72. The molecule has 2 saturated carbocycles. The van der Waals surface area contributed by atoms with Gasteiger partial charge in [0, 0.05) is 27.2 Å². The summed E-state index contributed by atoms with van der Waals surface area (Å²) in [4.78, 5) is 13.3. The zero-order chi connectivity index (χ0) is 29.9. The number of benzene rings is 2. The Bertz CT molecular complexity index is 1370. The maximum atomic E-state index is 13.1. The van der Waals surface area contributed by atoms with Gasteiger partial charge in [-0.15, -0.1) is 24.9 Å². The number of ether oxygens (including phenoxy) is 3. The molecule has 6 nitrogen and oxygen atoms in total. The zero-order valence-corrected chi connectivity index (χ0v) is 24.8. The molecule has 2 aliphatic carbocycles. The van der Waals surface area contributed by atoms with Crippen molar-refractivity contribution < 1.29 is 36.7 Å². The van der Waals surface area contributed by atoms with Crippen LogP contribution in [-0.2, 0) is 16.1 Å². The number of esters is 1. The summed E-state index contributed by atoms with van der Waals surface area (Å²) in [6, 6.07) is 13.6. The molecule has 2 fully saturated rings. The van der Waals surface area contributed by atoms with Crippen molar-refractivity contribution in [1.29, 1.82) is 0 Å². The van der Waals surface area contributed by atoms with Crippen LogP contribution in [0.4, 0.5) is 13.2 Å². The molecule has 226 valence electrons. The fraction of sp³-hybridized carbons (Fsp3) is 0.500. The third-order valence-electron chi connectivity index (χ3n) is 7.97. The molecule has 0 aliphatic heterocycles. The lowest BCUT2D eigenvalue weighted by molar-refractivity contribution is -0.274. The fourth-order valence-electron chi connectivity index (χ4n) is 5.81. The number of para-hydroxylation sites is 1. The standard InChI is InChI=1S/C32H36F3NO5S/c1-4-20-16-23(15-19(3)30(20)42-24-10-8-9-22(17-24)31(37)38-5-2)39-18-26-28(36-41-29(26)21-13-14-21)25-11-6-7-12-27(25)40-32(33,34)35/h6-12,17,19-21,23,30H,4-5,13-16,18H2,1-3H3. The topological polar surface area (TPSA) is 70.8 Å². The largest absolute Gasteiger partial charge is 0.573 e. The lowest BCUT2D eigenvalue weighted by Crippen LogP contribution is -2.37. The molecule has 2 aliphatic rings. The predicted molar refractivity (Wildman–Crippen MR) is 153 cm³/mol. The van der Waals surface area contributed by atoms with E-state index in [1.54, 1.807) is 36.9 Å². The number of hydrogen-bond acceptors (Lipinski definition) is 7. The SMILES string of the molecule is CCOC(=O)c1cccc(SC2C(C)CC(OCc3c(-c4ccccc4OC(F)(F)F)noc3C3CC3)CC2CC)c1. The number of aromatic nitrogens is 1. The van der Waals surface area contributed by atoms with Gasteiger partial charge in [0.1, 0.15) is 17.2 Å². The number of rotatable bonds is 11. The molecular weight excluding hydrogens is 567 g/mol. The van der Waals surface area contributed by atoms with E-state index in [2.05, 4.69) is 23.7 Å². The van der Waals surface area contributed by atoms with Crippen molar-refractivity contribution in [1.82, 2.24) is 5.16 Å². The van der Waals surface area contributed by atoms with E-state index in [-0.39, 0.29) is 35.9 Å². The first-order valence-corrected chi connectivity index (χ1v) is 15.4. The Hall–Kier alpha value is -2.98. The second-order valence-corrected chi connectivity index (χ2v) is 12.3. The molecule has 10 heteroatoms. The quantitative estimate of drug-likeness (QED) is 0.203. The Morgan fingerprint density at radius 2 is 1.88 bits per heavy atom. The minimum Gasteiger partial charge on any atom is -0.462 e. The summed E-state index contributed by atoms with van der Waals surface area (Å²) in [6.45, 7) is 6.75. The Morgan fingerprint density at radius 1 is 1.10 bits per heavy atom. The molecule has 0 saturated heterocycles. The highest BCUT2D eigenvalue weighted by atomic mass is 32.2. The minimum absolute atomic E-state index is 0.0101. The van der Waals surface area contributed by atoms with Gasteiger partial charge in [0.15, 0.2) is 0 Å². The van der Waals surface area contributed by atoms with E-state index in [0.29, 0.717) is 46.3 Å². The molecular formula is C32H36F3NO5S. The smallest absolute Gasteiger partial charge is 0.462 e. The summed E-state index contributed by atoms with van der Waals surface area (Å²) in [5, 5.41) is 4.55. The molecule has 3 aromatic rings. The number of nitrogens with zero attached hydrogens (tertiary/aromatic N) is 1. The molecule has 4 unspecified atom stereocenters. The summed E-state index contributed by atoms with van der Waals surface area (Å²) >= 11 is 1.80. The van der Waals surface area contributed by atoms with E-state index in [4.69, 9.17) is 14.0 Å². The maximum absolute atomic E-state index is 13.1. The first kappa shape index (κ1) is 30.5. The average molecular weight is 604 g/mol. The lowest BCUT2D eigenvalue weighted by atomic mass is 9.79. The fourth-order valence-corrected chi connectivity index (χ4v) is 7.32. The summed E-state index contributed by atoms with van der Waals surface area (Å²) in [7, 11) is 0. The Labute approximate surface area is 248 Å². The number of hydrogen-bond donors (Lipinski definition) is 0. The van der Waals surface area contributed by atoms with Gasteiger partial charge in [-0.25, -0.2) is 4.79 Å². The van der Waals surface area contributed by atoms with Gasteiger partial charge in [0.25, 0.3) is 0 Å². The van der Waals surface area contributed by atoms with Crippen LogP contribution in [0.5, 0.6) is 5.75 Å². The number of halogens is 3. The van der Waals surface area contributed by atoms with Crippen molar-refractivity contribution >= 4 is 17.7 Å². The van der Waals surface area contributed by atoms with E-state index >= 15 is 0 Å². The lowest BCUT2D eigenvalue weighted by Gasteiger charge is -2.40. The van der Waals surface area contributed by atoms with E-state index < -0.39 is 6.36 Å². The van der Waals surface area contributed by atoms with E-state index in [0.717, 1.165) is 37.0 Å². The van der Waals surface area contributed by atoms with E-state index in [1.807, 2.05) is 18.2 Å². The first-order valence-electron chi connectivity index (χ1n) is 14.6. The van der Waals surface area contributed by atoms with E-state index in [9.17, 15) is 18.0 Å². The van der Waals surface area contributed by atoms with Crippen LogP contribution in [0.2, 0.25) is 0 Å². The summed E-state index contributed by atoms with van der Waals surface area (Å²) in [5.74, 6) is 1.00. The molecule has 0 bridgehead atoms. The second kappa shape index (κ2) is 13.1. The number of thioether (sulfide) groups is 1. The molecule has 0 radical (unpaired) electrons. The van der Waals surface area contributed by atoms with Crippen molar-refractivity contribution in [2.24, 2.45) is 11.8 Å². The highest BCUT2D eigenvalue weighted by molar-refractivity contribution is 8.00. The van der Waals surface area contributed by atoms with Crippen LogP contribution in [-0.4, -0.2) is 35.4 Å². The van der Waals surface area contributed by atoms with Crippen LogP contribution in [0.1, 0.15) is 80.5 Å². The Morgan fingerprint density at radius 3 is 2.60 bits per heavy atom. The summed E-state index contributed by atoms with van der Waals surface area (Å²) < 4.78 is 61.0. The number of alkyl halides is 3. The number of carbonyl (C=O) groups is 1.